The number of likely N-dealkylation sites (tertiary alicyclic amines) is 1. The van der Waals surface area contributed by atoms with Crippen molar-refractivity contribution < 1.29 is 21.2 Å². The number of piperidine rings is 1. The maximum atomic E-state index is 10.8. The molecule has 1 saturated carbocycles. The minimum absolute atomic E-state index is 0. The molecule has 2 fully saturated rings. The van der Waals surface area contributed by atoms with Crippen LogP contribution >= 0.6 is 11.6 Å². The fourth-order valence-electron chi connectivity index (χ4n) is 5.41. The van der Waals surface area contributed by atoms with Gasteiger partial charge in [0.25, 0.3) is 0 Å². The summed E-state index contributed by atoms with van der Waals surface area (Å²) in [4.78, 5) is 13.4. The number of rotatable bonds is 6. The van der Waals surface area contributed by atoms with Crippen LogP contribution in [0.3, 0.4) is 0 Å². The molecule has 0 bridgehead atoms. The van der Waals surface area contributed by atoms with E-state index in [0.29, 0.717) is 11.3 Å². The standard InChI is InChI=1S/C19H33ClN2O.C5H10.CH4.3H2O/c1-14(2)18(21-13-23)11-22-10-9-17(19(3,4)12-22)15-5-7-16(20)8-6-15;1-2-4-5-3-1;;;;/h7,13-15,17-18H,5-6,8-12H2,1-4H3,(H,21,23);1-5H2;1H4;3*1H2/t15?,17?,18-;;;;;/m0...../s1. The monoisotopic (exact) mass is 480 g/mol. The van der Waals surface area contributed by atoms with Crippen molar-refractivity contribution in [3.8, 4) is 0 Å². The van der Waals surface area contributed by atoms with Crippen LogP contribution in [0.15, 0.2) is 11.1 Å². The van der Waals surface area contributed by atoms with E-state index in [0.717, 1.165) is 55.8 Å². The van der Waals surface area contributed by atoms with Crippen LogP contribution in [0, 0.1) is 23.2 Å². The van der Waals surface area contributed by atoms with Gasteiger partial charge in [-0.05, 0) is 55.4 Å². The van der Waals surface area contributed by atoms with Crippen LogP contribution in [-0.2, 0) is 4.79 Å². The summed E-state index contributed by atoms with van der Waals surface area (Å²) in [6.45, 7) is 12.4. The summed E-state index contributed by atoms with van der Waals surface area (Å²) in [6, 6.07) is 0.247. The molecule has 1 aliphatic heterocycles. The number of nitrogens with zero attached hydrogens (tertiary/aromatic N) is 1. The topological polar surface area (TPSA) is 127 Å². The summed E-state index contributed by atoms with van der Waals surface area (Å²) in [7, 11) is 0. The van der Waals surface area contributed by atoms with Crippen LogP contribution in [-0.4, -0.2) is 53.4 Å². The zero-order chi connectivity index (χ0) is 20.6. The molecular weight excluding hydrogens is 428 g/mol. The van der Waals surface area contributed by atoms with Crippen molar-refractivity contribution in [1.82, 2.24) is 10.2 Å². The number of carbonyl (C=O) groups excluding carboxylic acids is 1. The molecule has 1 saturated heterocycles. The number of halogens is 1. The molecule has 194 valence electrons. The summed E-state index contributed by atoms with van der Waals surface area (Å²) >= 11 is 6.15. The Labute approximate surface area is 202 Å². The van der Waals surface area contributed by atoms with E-state index in [-0.39, 0.29) is 29.9 Å². The number of carbonyl (C=O) groups is 1. The maximum Gasteiger partial charge on any atom is 0.207 e. The van der Waals surface area contributed by atoms with Gasteiger partial charge in [-0.15, -0.1) is 0 Å². The van der Waals surface area contributed by atoms with Gasteiger partial charge in [-0.3, -0.25) is 4.79 Å². The highest BCUT2D eigenvalue weighted by Gasteiger charge is 2.40. The van der Waals surface area contributed by atoms with Crippen LogP contribution in [0.1, 0.15) is 92.9 Å². The van der Waals surface area contributed by atoms with E-state index in [1.54, 1.807) is 0 Å². The number of allylic oxidation sites excluding steroid dienone is 2. The molecular formula is C25H53ClN2O4. The molecule has 3 aliphatic rings. The predicted molar refractivity (Wildman–Crippen MR) is 138 cm³/mol. The van der Waals surface area contributed by atoms with Crippen LogP contribution in [0.2, 0.25) is 0 Å². The molecule has 3 rings (SSSR count). The molecule has 0 aromatic heterocycles. The summed E-state index contributed by atoms with van der Waals surface area (Å²) in [6.07, 6.45) is 15.3. The van der Waals surface area contributed by atoms with Crippen molar-refractivity contribution in [2.75, 3.05) is 19.6 Å². The van der Waals surface area contributed by atoms with Crippen molar-refractivity contribution >= 4 is 18.0 Å². The summed E-state index contributed by atoms with van der Waals surface area (Å²) in [5.41, 5.74) is 0.323. The molecule has 7 heteroatoms. The van der Waals surface area contributed by atoms with Gasteiger partial charge in [0.15, 0.2) is 0 Å². The van der Waals surface area contributed by atoms with Gasteiger partial charge < -0.3 is 26.6 Å². The zero-order valence-corrected chi connectivity index (χ0v) is 20.9. The third-order valence-corrected chi connectivity index (χ3v) is 7.49. The first-order valence-corrected chi connectivity index (χ1v) is 12.0. The highest BCUT2D eigenvalue weighted by molar-refractivity contribution is 6.29. The molecule has 3 atom stereocenters. The van der Waals surface area contributed by atoms with E-state index in [1.165, 1.54) is 44.9 Å². The minimum Gasteiger partial charge on any atom is -0.412 e. The van der Waals surface area contributed by atoms with E-state index >= 15 is 0 Å². The van der Waals surface area contributed by atoms with Gasteiger partial charge in [-0.1, -0.05) is 84.9 Å². The lowest BCUT2D eigenvalue weighted by Gasteiger charge is -2.49. The Morgan fingerprint density at radius 1 is 1.12 bits per heavy atom. The quantitative estimate of drug-likeness (QED) is 0.573. The molecule has 0 aromatic rings. The van der Waals surface area contributed by atoms with Gasteiger partial charge >= 0.3 is 0 Å². The number of hydrogen-bond acceptors (Lipinski definition) is 2. The lowest BCUT2D eigenvalue weighted by molar-refractivity contribution is -0.110. The lowest BCUT2D eigenvalue weighted by Crippen LogP contribution is -2.52. The Bertz CT molecular complexity index is 503. The molecule has 7 N–H and O–H groups in total. The Hall–Kier alpha value is -0.660. The van der Waals surface area contributed by atoms with E-state index in [2.05, 4.69) is 44.0 Å². The van der Waals surface area contributed by atoms with Gasteiger partial charge in [-0.25, -0.2) is 0 Å². The first-order valence-electron chi connectivity index (χ1n) is 11.6. The van der Waals surface area contributed by atoms with E-state index in [1.807, 2.05) is 0 Å². The summed E-state index contributed by atoms with van der Waals surface area (Å²) in [5, 5.41) is 4.04. The van der Waals surface area contributed by atoms with Gasteiger partial charge in [0.05, 0.1) is 0 Å². The van der Waals surface area contributed by atoms with Gasteiger partial charge in [0, 0.05) is 24.2 Å². The molecule has 0 spiro atoms. The van der Waals surface area contributed by atoms with Crippen molar-refractivity contribution in [2.45, 2.75) is 99.0 Å². The smallest absolute Gasteiger partial charge is 0.207 e. The molecule has 1 heterocycles. The summed E-state index contributed by atoms with van der Waals surface area (Å²) in [5.74, 6) is 2.02. The third-order valence-electron chi connectivity index (χ3n) is 7.15. The molecule has 1 amide bonds. The highest BCUT2D eigenvalue weighted by atomic mass is 35.5. The van der Waals surface area contributed by atoms with Gasteiger partial charge in [0.2, 0.25) is 6.41 Å². The molecule has 2 aliphatic carbocycles. The number of nitrogens with one attached hydrogen (secondary N) is 1. The molecule has 0 aromatic carbocycles. The van der Waals surface area contributed by atoms with Crippen molar-refractivity contribution in [3.63, 3.8) is 0 Å². The largest absolute Gasteiger partial charge is 0.412 e. The molecule has 0 radical (unpaired) electrons. The van der Waals surface area contributed by atoms with E-state index in [9.17, 15) is 4.79 Å². The van der Waals surface area contributed by atoms with Crippen LogP contribution in [0.25, 0.3) is 0 Å². The molecule has 32 heavy (non-hydrogen) atoms. The third kappa shape index (κ3) is 11.5. The Morgan fingerprint density at radius 3 is 2.09 bits per heavy atom. The first-order chi connectivity index (χ1) is 13.3. The normalized spacial score (nSPS) is 25.2. The molecule has 2 unspecified atom stereocenters. The average molecular weight is 481 g/mol. The summed E-state index contributed by atoms with van der Waals surface area (Å²) < 4.78 is 0. The second kappa shape index (κ2) is 17.8. The maximum absolute atomic E-state index is 10.8. The highest BCUT2D eigenvalue weighted by Crippen LogP contribution is 2.44. The van der Waals surface area contributed by atoms with E-state index < -0.39 is 0 Å². The molecule has 6 nitrogen and oxygen atoms in total. The van der Waals surface area contributed by atoms with Crippen molar-refractivity contribution in [2.24, 2.45) is 23.2 Å². The van der Waals surface area contributed by atoms with E-state index in [4.69, 9.17) is 11.6 Å². The number of amides is 1. The van der Waals surface area contributed by atoms with Crippen LogP contribution < -0.4 is 5.32 Å². The second-order valence-corrected chi connectivity index (χ2v) is 10.7. The minimum atomic E-state index is 0. The van der Waals surface area contributed by atoms with Crippen LogP contribution in [0.4, 0.5) is 0 Å². The lowest BCUT2D eigenvalue weighted by atomic mass is 9.65. The second-order valence-electron chi connectivity index (χ2n) is 10.2. The van der Waals surface area contributed by atoms with Gasteiger partial charge in [-0.2, -0.15) is 0 Å². The van der Waals surface area contributed by atoms with Crippen molar-refractivity contribution in [1.29, 1.82) is 0 Å². The number of hydrogen-bond donors (Lipinski definition) is 1. The first kappa shape index (κ1) is 35.9. The Morgan fingerprint density at radius 2 is 1.69 bits per heavy atom. The van der Waals surface area contributed by atoms with Crippen molar-refractivity contribution in [3.05, 3.63) is 11.1 Å². The SMILES string of the molecule is C.C1CCCC1.CC(C)[C@H](CN1CCC(C2CC=C(Cl)CC2)C(C)(C)C1)NC=O.O.O.O. The fraction of sp³-hybridized carbons (Fsp3) is 0.880. The Kier molecular flexibility index (Phi) is 19.9. The van der Waals surface area contributed by atoms with Crippen LogP contribution in [0.5, 0.6) is 0 Å². The fourth-order valence-corrected chi connectivity index (χ4v) is 5.61. The Balaban J connectivity index is -0.000000827. The van der Waals surface area contributed by atoms with Gasteiger partial charge in [0.1, 0.15) is 0 Å². The predicted octanol–water partition coefficient (Wildman–Crippen LogP) is 4.14. The average Bonchev–Trinajstić information content (AvgIpc) is 3.22. The zero-order valence-electron chi connectivity index (χ0n) is 20.2.